The molecule has 6 heavy (non-hydrogen) atoms. The molecule has 0 bridgehead atoms. The average Bonchev–Trinajstić information content (AvgIpc) is 1.38. The molecule has 3 N–H and O–H groups in total. The Hall–Kier alpha value is 1.04. The molecule has 1 radical (unpaired) electrons. The Kier molecular flexibility index (Phi) is 10.2. The molecule has 0 rings (SSSR count). The van der Waals surface area contributed by atoms with Crippen molar-refractivity contribution in [2.75, 3.05) is 0 Å². The van der Waals surface area contributed by atoms with Gasteiger partial charge in [0.25, 0.3) is 0 Å². The van der Waals surface area contributed by atoms with Crippen LogP contribution in [-0.2, 0) is 0 Å². The molecule has 2 nitrogen and oxygen atoms in total. The van der Waals surface area contributed by atoms with Crippen molar-refractivity contribution in [2.24, 2.45) is 5.73 Å². The number of thiocarbonyl (C=S) groups is 1. The van der Waals surface area contributed by atoms with Gasteiger partial charge in [0, 0.05) is 29.6 Å². The third kappa shape index (κ3) is 8.90. The van der Waals surface area contributed by atoms with E-state index in [1.165, 1.54) is 0 Å². The van der Waals surface area contributed by atoms with Gasteiger partial charge in [0.1, 0.15) is 0 Å². The van der Waals surface area contributed by atoms with Gasteiger partial charge in [0.2, 0.25) is 0 Å². The van der Waals surface area contributed by atoms with Gasteiger partial charge >= 0.3 is 0 Å². The molecule has 0 heterocycles. The summed E-state index contributed by atoms with van der Waals surface area (Å²) in [6.07, 6.45) is 0. The summed E-state index contributed by atoms with van der Waals surface area (Å²) in [5, 5.41) is 0.202. The summed E-state index contributed by atoms with van der Waals surface area (Å²) in [5.74, 6) is 0. The number of nitrogens with two attached hydrogens (primary N) is 1. The second kappa shape index (κ2) is 6.04. The zero-order chi connectivity index (χ0) is 4.28. The normalized spacial score (nSPS) is 5.50. The van der Waals surface area contributed by atoms with Gasteiger partial charge in [-0.25, -0.2) is 0 Å². The maximum absolute atomic E-state index is 4.84. The van der Waals surface area contributed by atoms with Gasteiger partial charge in [-0.2, -0.15) is 0 Å². The monoisotopic (exact) mass is 131 g/mol. The molecule has 0 aliphatic carbocycles. The molecule has 31 valence electrons. The zero-order valence-corrected chi connectivity index (χ0v) is 7.14. The van der Waals surface area contributed by atoms with E-state index in [4.69, 9.17) is 5.73 Å². The Morgan fingerprint density at radius 1 is 1.83 bits per heavy atom. The summed E-state index contributed by atoms with van der Waals surface area (Å²) >= 11 is 7.79. The van der Waals surface area contributed by atoms with Crippen LogP contribution < -0.4 is 10.5 Å². The van der Waals surface area contributed by atoms with Crippen LogP contribution in [0, 0.1) is 0 Å². The molecule has 0 aromatic heterocycles. The second-order valence-corrected chi connectivity index (χ2v) is 1.14. The SMILES string of the molecule is NC(=S)NS.[Na]. The fraction of sp³-hybridized carbons (Fsp3) is 0. The van der Waals surface area contributed by atoms with E-state index in [1.54, 1.807) is 0 Å². The zero-order valence-electron chi connectivity index (χ0n) is 3.43. The summed E-state index contributed by atoms with van der Waals surface area (Å²) in [6.45, 7) is 0. The van der Waals surface area contributed by atoms with Crippen LogP contribution in [0.1, 0.15) is 0 Å². The van der Waals surface area contributed by atoms with Crippen LogP contribution in [0.2, 0.25) is 0 Å². The fourth-order valence-corrected chi connectivity index (χ4v) is 0. The molecule has 0 amide bonds. The molecule has 0 aromatic carbocycles. The third-order valence-corrected chi connectivity index (χ3v) is 0.604. The molecule has 0 aromatic rings. The molecular weight excluding hydrogens is 127 g/mol. The Bertz CT molecular complexity index is 46.8. The van der Waals surface area contributed by atoms with Crippen LogP contribution in [0.5, 0.6) is 0 Å². The van der Waals surface area contributed by atoms with Gasteiger partial charge in [-0.15, -0.1) is 0 Å². The van der Waals surface area contributed by atoms with Crippen LogP contribution >= 0.6 is 25.0 Å². The largest absolute Gasteiger partial charge is 0.376 e. The van der Waals surface area contributed by atoms with E-state index in [1.807, 2.05) is 0 Å². The van der Waals surface area contributed by atoms with Gasteiger partial charge in [-0.1, -0.05) is 12.8 Å². The predicted molar refractivity (Wildman–Crippen MR) is 34.7 cm³/mol. The van der Waals surface area contributed by atoms with E-state index >= 15 is 0 Å². The molecule has 0 spiro atoms. The van der Waals surface area contributed by atoms with E-state index in [9.17, 15) is 0 Å². The molecule has 0 unspecified atom stereocenters. The van der Waals surface area contributed by atoms with Gasteiger partial charge < -0.3 is 10.5 Å². The number of nitrogens with one attached hydrogen (secondary N) is 1. The van der Waals surface area contributed by atoms with E-state index in [-0.39, 0.29) is 34.7 Å². The Balaban J connectivity index is 0. The van der Waals surface area contributed by atoms with Crippen molar-refractivity contribution in [3.05, 3.63) is 0 Å². The Morgan fingerprint density at radius 3 is 2.00 bits per heavy atom. The van der Waals surface area contributed by atoms with E-state index in [2.05, 4.69) is 29.8 Å². The van der Waals surface area contributed by atoms with E-state index in [0.717, 1.165) is 0 Å². The minimum Gasteiger partial charge on any atom is -0.376 e. The smallest absolute Gasteiger partial charge is 0.173 e. The van der Waals surface area contributed by atoms with Crippen LogP contribution in [0.4, 0.5) is 0 Å². The quantitative estimate of drug-likeness (QED) is 0.231. The van der Waals surface area contributed by atoms with Crippen LogP contribution in [-0.4, -0.2) is 34.7 Å². The third-order valence-electron chi connectivity index (χ3n) is 0.110. The number of thiol groups is 1. The van der Waals surface area contributed by atoms with Crippen LogP contribution in [0.25, 0.3) is 0 Å². The molecule has 0 aliphatic heterocycles. The van der Waals surface area contributed by atoms with Crippen molar-refractivity contribution >= 4 is 59.7 Å². The predicted octanol–water partition coefficient (Wildman–Crippen LogP) is -0.716. The first kappa shape index (κ1) is 10.1. The van der Waals surface area contributed by atoms with Gasteiger partial charge in [0.15, 0.2) is 5.11 Å². The molecule has 0 saturated carbocycles. The Labute approximate surface area is 69.7 Å². The van der Waals surface area contributed by atoms with Crippen molar-refractivity contribution < 1.29 is 0 Å². The summed E-state index contributed by atoms with van der Waals surface area (Å²) < 4.78 is 2.23. The van der Waals surface area contributed by atoms with Crippen LogP contribution in [0.15, 0.2) is 0 Å². The molecule has 5 heteroatoms. The first-order valence-corrected chi connectivity index (χ1v) is 1.82. The van der Waals surface area contributed by atoms with Gasteiger partial charge in [-0.05, 0) is 12.2 Å². The molecular formula is CH4N2NaS2. The van der Waals surface area contributed by atoms with Crippen molar-refractivity contribution in [1.82, 2.24) is 4.72 Å². The van der Waals surface area contributed by atoms with Gasteiger partial charge in [0.05, 0.1) is 0 Å². The summed E-state index contributed by atoms with van der Waals surface area (Å²) in [7, 11) is 0. The standard InChI is InChI=1S/CH4N2S2.Na/c2-1(4)3-5;/h5H,(H3,2,3,4);. The summed E-state index contributed by atoms with van der Waals surface area (Å²) in [6, 6.07) is 0. The minimum absolute atomic E-state index is 0. The maximum Gasteiger partial charge on any atom is 0.173 e. The van der Waals surface area contributed by atoms with Crippen LogP contribution in [0.3, 0.4) is 0 Å². The molecule has 0 atom stereocenters. The summed E-state index contributed by atoms with van der Waals surface area (Å²) in [4.78, 5) is 0. The van der Waals surface area contributed by atoms with Crippen molar-refractivity contribution in [2.45, 2.75) is 0 Å². The second-order valence-electron chi connectivity index (χ2n) is 0.476. The number of hydrogen-bond acceptors (Lipinski definition) is 2. The minimum atomic E-state index is 0. The van der Waals surface area contributed by atoms with Crippen molar-refractivity contribution in [3.8, 4) is 0 Å². The molecule has 0 aliphatic rings. The molecule has 0 fully saturated rings. The fourth-order valence-electron chi connectivity index (χ4n) is 0. The topological polar surface area (TPSA) is 38.0 Å². The van der Waals surface area contributed by atoms with Crippen molar-refractivity contribution in [3.63, 3.8) is 0 Å². The first-order chi connectivity index (χ1) is 2.27. The van der Waals surface area contributed by atoms with E-state index in [0.29, 0.717) is 0 Å². The average molecular weight is 131 g/mol. The maximum atomic E-state index is 4.84. The Morgan fingerprint density at radius 2 is 2.00 bits per heavy atom. The van der Waals surface area contributed by atoms with E-state index < -0.39 is 0 Å². The van der Waals surface area contributed by atoms with Gasteiger partial charge in [-0.3, -0.25) is 0 Å². The molecule has 0 saturated heterocycles. The summed E-state index contributed by atoms with van der Waals surface area (Å²) in [5.41, 5.74) is 4.84. The number of hydrogen-bond donors (Lipinski definition) is 3. The number of rotatable bonds is 0. The first-order valence-electron chi connectivity index (χ1n) is 0.966. The van der Waals surface area contributed by atoms with Crippen molar-refractivity contribution in [1.29, 1.82) is 0 Å².